The van der Waals surface area contributed by atoms with E-state index in [9.17, 15) is 0 Å². The number of aromatic nitrogens is 3. The first-order valence-corrected chi connectivity index (χ1v) is 6.67. The Morgan fingerprint density at radius 1 is 1.16 bits per heavy atom. The maximum Gasteiger partial charge on any atom is 0.0644 e. The van der Waals surface area contributed by atoms with Crippen LogP contribution in [0.4, 0.5) is 0 Å². The van der Waals surface area contributed by atoms with Crippen LogP contribution >= 0.6 is 0 Å². The molecule has 2 rings (SSSR count). The van der Waals surface area contributed by atoms with Gasteiger partial charge in [-0.25, -0.2) is 0 Å². The first-order chi connectivity index (χ1) is 9.00. The lowest BCUT2D eigenvalue weighted by atomic mass is 10.0. The van der Waals surface area contributed by atoms with Gasteiger partial charge in [-0.2, -0.15) is 5.10 Å². The second kappa shape index (κ2) is 5.53. The number of rotatable bonds is 4. The van der Waals surface area contributed by atoms with Gasteiger partial charge in [-0.3, -0.25) is 9.67 Å². The molecule has 0 saturated carbocycles. The van der Waals surface area contributed by atoms with Crippen molar-refractivity contribution in [3.05, 3.63) is 47.0 Å². The fourth-order valence-electron chi connectivity index (χ4n) is 2.59. The minimum Gasteiger partial charge on any atom is -0.302 e. The Labute approximate surface area is 114 Å². The Balaban J connectivity index is 2.15. The lowest BCUT2D eigenvalue weighted by Gasteiger charge is -2.20. The largest absolute Gasteiger partial charge is 0.302 e. The van der Waals surface area contributed by atoms with Crippen LogP contribution in [0, 0.1) is 13.8 Å². The second-order valence-electron chi connectivity index (χ2n) is 5.07. The van der Waals surface area contributed by atoms with Crippen LogP contribution in [-0.4, -0.2) is 14.8 Å². The van der Waals surface area contributed by atoms with E-state index in [1.54, 1.807) is 0 Å². The molecule has 19 heavy (non-hydrogen) atoms. The molecule has 1 N–H and O–H groups in total. The molecule has 4 heteroatoms. The van der Waals surface area contributed by atoms with Crippen LogP contribution in [0.5, 0.6) is 0 Å². The van der Waals surface area contributed by atoms with Gasteiger partial charge in [0.2, 0.25) is 0 Å². The van der Waals surface area contributed by atoms with E-state index in [0.29, 0.717) is 0 Å². The van der Waals surface area contributed by atoms with E-state index >= 15 is 0 Å². The molecule has 4 nitrogen and oxygen atoms in total. The molecule has 0 aliphatic carbocycles. The molecule has 0 aromatic carbocycles. The van der Waals surface area contributed by atoms with E-state index in [1.807, 2.05) is 36.1 Å². The highest BCUT2D eigenvalue weighted by atomic mass is 15.3. The standard InChI is InChI=1S/C15H22N4/c1-10(14-8-6-7-9-16-14)17-11(2)15-12(3)18-19(5)13(15)4/h6-11,17H,1-5H3. The molecule has 0 aliphatic heterocycles. The number of aryl methyl sites for hydroxylation is 2. The van der Waals surface area contributed by atoms with E-state index in [2.05, 4.69) is 43.1 Å². The molecule has 0 amide bonds. The summed E-state index contributed by atoms with van der Waals surface area (Å²) < 4.78 is 1.94. The van der Waals surface area contributed by atoms with Gasteiger partial charge in [-0.15, -0.1) is 0 Å². The van der Waals surface area contributed by atoms with Crippen molar-refractivity contribution in [2.24, 2.45) is 7.05 Å². The zero-order valence-corrected chi connectivity index (χ0v) is 12.3. The highest BCUT2D eigenvalue weighted by Gasteiger charge is 2.18. The van der Waals surface area contributed by atoms with E-state index in [4.69, 9.17) is 0 Å². The van der Waals surface area contributed by atoms with Crippen molar-refractivity contribution in [2.75, 3.05) is 0 Å². The normalized spacial score (nSPS) is 14.4. The quantitative estimate of drug-likeness (QED) is 0.917. The molecule has 0 saturated heterocycles. The minimum absolute atomic E-state index is 0.218. The zero-order chi connectivity index (χ0) is 14.0. The fourth-order valence-corrected chi connectivity index (χ4v) is 2.59. The number of nitrogens with zero attached hydrogens (tertiary/aromatic N) is 3. The SMILES string of the molecule is Cc1nn(C)c(C)c1C(C)NC(C)c1ccccn1. The first kappa shape index (κ1) is 13.7. The molecule has 0 bridgehead atoms. The zero-order valence-electron chi connectivity index (χ0n) is 12.3. The van der Waals surface area contributed by atoms with Crippen LogP contribution in [0.15, 0.2) is 24.4 Å². The number of pyridine rings is 1. The van der Waals surface area contributed by atoms with E-state index < -0.39 is 0 Å². The Morgan fingerprint density at radius 2 is 1.89 bits per heavy atom. The lowest BCUT2D eigenvalue weighted by Crippen LogP contribution is -2.24. The molecule has 2 unspecified atom stereocenters. The summed E-state index contributed by atoms with van der Waals surface area (Å²) in [5.41, 5.74) is 4.65. The molecule has 0 radical (unpaired) electrons. The topological polar surface area (TPSA) is 42.7 Å². The van der Waals surface area contributed by atoms with E-state index in [0.717, 1.165) is 11.4 Å². The van der Waals surface area contributed by atoms with Crippen LogP contribution in [0.25, 0.3) is 0 Å². The summed E-state index contributed by atoms with van der Waals surface area (Å²) in [5.74, 6) is 0. The molecule has 2 aromatic heterocycles. The summed E-state index contributed by atoms with van der Waals surface area (Å²) in [4.78, 5) is 4.39. The van der Waals surface area contributed by atoms with Crippen molar-refractivity contribution in [3.63, 3.8) is 0 Å². The highest BCUT2D eigenvalue weighted by molar-refractivity contribution is 5.28. The van der Waals surface area contributed by atoms with Crippen LogP contribution in [0.2, 0.25) is 0 Å². The van der Waals surface area contributed by atoms with Crippen molar-refractivity contribution in [1.29, 1.82) is 0 Å². The number of nitrogens with one attached hydrogen (secondary N) is 1. The predicted molar refractivity (Wildman–Crippen MR) is 76.9 cm³/mol. The summed E-state index contributed by atoms with van der Waals surface area (Å²) in [6.07, 6.45) is 1.83. The predicted octanol–water partition coefficient (Wildman–Crippen LogP) is 2.84. The van der Waals surface area contributed by atoms with Gasteiger partial charge < -0.3 is 5.32 Å². The van der Waals surface area contributed by atoms with Gasteiger partial charge in [0.25, 0.3) is 0 Å². The molecule has 0 fully saturated rings. The third-order valence-corrected chi connectivity index (χ3v) is 3.63. The van der Waals surface area contributed by atoms with Gasteiger partial charge in [-0.05, 0) is 39.8 Å². The minimum atomic E-state index is 0.218. The average molecular weight is 258 g/mol. The molecule has 0 spiro atoms. The van der Waals surface area contributed by atoms with Gasteiger partial charge in [0.15, 0.2) is 0 Å². The smallest absolute Gasteiger partial charge is 0.0644 e. The second-order valence-corrected chi connectivity index (χ2v) is 5.07. The number of hydrogen-bond donors (Lipinski definition) is 1. The Bertz CT molecular complexity index is 545. The third kappa shape index (κ3) is 2.84. The molecule has 102 valence electrons. The molecule has 2 heterocycles. The van der Waals surface area contributed by atoms with Gasteiger partial charge in [0.1, 0.15) is 0 Å². The van der Waals surface area contributed by atoms with Gasteiger partial charge in [-0.1, -0.05) is 6.07 Å². The van der Waals surface area contributed by atoms with Gasteiger partial charge in [0.05, 0.1) is 11.4 Å². The molecular weight excluding hydrogens is 236 g/mol. The highest BCUT2D eigenvalue weighted by Crippen LogP contribution is 2.23. The summed E-state index contributed by atoms with van der Waals surface area (Å²) in [5, 5.41) is 8.06. The third-order valence-electron chi connectivity index (χ3n) is 3.63. The number of hydrogen-bond acceptors (Lipinski definition) is 3. The van der Waals surface area contributed by atoms with E-state index in [-0.39, 0.29) is 12.1 Å². The summed E-state index contributed by atoms with van der Waals surface area (Å²) in [7, 11) is 1.99. The van der Waals surface area contributed by atoms with Crippen LogP contribution in [-0.2, 0) is 7.05 Å². The van der Waals surface area contributed by atoms with Crippen LogP contribution in [0.3, 0.4) is 0 Å². The van der Waals surface area contributed by atoms with Crippen LogP contribution in [0.1, 0.15) is 48.6 Å². The summed E-state index contributed by atoms with van der Waals surface area (Å²) in [6, 6.07) is 6.48. The van der Waals surface area contributed by atoms with Gasteiger partial charge >= 0.3 is 0 Å². The van der Waals surface area contributed by atoms with E-state index in [1.165, 1.54) is 11.3 Å². The maximum atomic E-state index is 4.47. The summed E-state index contributed by atoms with van der Waals surface area (Å²) >= 11 is 0. The fraction of sp³-hybridized carbons (Fsp3) is 0.467. The Morgan fingerprint density at radius 3 is 2.42 bits per heavy atom. The first-order valence-electron chi connectivity index (χ1n) is 6.67. The van der Waals surface area contributed by atoms with Crippen molar-refractivity contribution >= 4 is 0 Å². The Kier molecular flexibility index (Phi) is 4.00. The summed E-state index contributed by atoms with van der Waals surface area (Å²) in [6.45, 7) is 8.49. The molecule has 0 aliphatic rings. The van der Waals surface area contributed by atoms with Crippen molar-refractivity contribution in [2.45, 2.75) is 39.8 Å². The van der Waals surface area contributed by atoms with Crippen molar-refractivity contribution in [1.82, 2.24) is 20.1 Å². The van der Waals surface area contributed by atoms with Crippen molar-refractivity contribution < 1.29 is 0 Å². The van der Waals surface area contributed by atoms with Crippen molar-refractivity contribution in [3.8, 4) is 0 Å². The molecule has 2 atom stereocenters. The molecular formula is C15H22N4. The monoisotopic (exact) mass is 258 g/mol. The van der Waals surface area contributed by atoms with Gasteiger partial charge in [0, 0.05) is 36.6 Å². The lowest BCUT2D eigenvalue weighted by molar-refractivity contribution is 0.483. The Hall–Kier alpha value is -1.68. The maximum absolute atomic E-state index is 4.47. The molecule has 2 aromatic rings. The average Bonchev–Trinajstić information content (AvgIpc) is 2.64. The van der Waals surface area contributed by atoms with Crippen LogP contribution < -0.4 is 5.32 Å².